The maximum Gasteiger partial charge on any atom is 0.251 e. The predicted octanol–water partition coefficient (Wildman–Crippen LogP) is 2.58. The Morgan fingerprint density at radius 3 is 2.82 bits per heavy atom. The van der Waals surface area contributed by atoms with Crippen molar-refractivity contribution >= 4 is 11.6 Å². The summed E-state index contributed by atoms with van der Waals surface area (Å²) in [6, 6.07) is 7.45. The highest BCUT2D eigenvalue weighted by atomic mass is 16.1. The summed E-state index contributed by atoms with van der Waals surface area (Å²) in [5.41, 5.74) is 6.97. The molecule has 2 unspecified atom stereocenters. The van der Waals surface area contributed by atoms with E-state index in [-0.39, 0.29) is 5.91 Å². The number of hydrogen-bond acceptors (Lipinski definition) is 2. The van der Waals surface area contributed by atoms with E-state index in [9.17, 15) is 4.79 Å². The fourth-order valence-electron chi connectivity index (χ4n) is 2.46. The van der Waals surface area contributed by atoms with Gasteiger partial charge in [-0.25, -0.2) is 0 Å². The van der Waals surface area contributed by atoms with Gasteiger partial charge in [0.15, 0.2) is 0 Å². The maximum atomic E-state index is 12.0. The summed E-state index contributed by atoms with van der Waals surface area (Å²) in [6.07, 6.45) is 4.80. The lowest BCUT2D eigenvalue weighted by Crippen LogP contribution is -2.41. The second-order valence-corrected chi connectivity index (χ2v) is 4.97. The molecule has 0 aliphatic heterocycles. The molecule has 1 aliphatic rings. The van der Waals surface area contributed by atoms with Crippen LogP contribution < -0.4 is 11.1 Å². The van der Waals surface area contributed by atoms with Crippen molar-refractivity contribution in [1.82, 2.24) is 5.32 Å². The second kappa shape index (κ2) is 5.21. The molecular weight excluding hydrogens is 212 g/mol. The van der Waals surface area contributed by atoms with Gasteiger partial charge in [-0.05, 0) is 37.0 Å². The Labute approximate surface area is 102 Å². The van der Waals surface area contributed by atoms with Crippen molar-refractivity contribution in [2.24, 2.45) is 5.92 Å². The van der Waals surface area contributed by atoms with E-state index in [4.69, 9.17) is 5.73 Å². The van der Waals surface area contributed by atoms with Crippen LogP contribution in [0.4, 0.5) is 5.69 Å². The highest BCUT2D eigenvalue weighted by molar-refractivity contribution is 5.95. The van der Waals surface area contributed by atoms with Crippen molar-refractivity contribution in [2.45, 2.75) is 38.6 Å². The van der Waals surface area contributed by atoms with Crippen LogP contribution >= 0.6 is 0 Å². The summed E-state index contributed by atoms with van der Waals surface area (Å²) in [6.45, 7) is 2.21. The van der Waals surface area contributed by atoms with Crippen LogP contribution in [0.1, 0.15) is 43.0 Å². The Morgan fingerprint density at radius 1 is 1.35 bits per heavy atom. The van der Waals surface area contributed by atoms with Crippen molar-refractivity contribution in [3.63, 3.8) is 0 Å². The molecule has 1 amide bonds. The summed E-state index contributed by atoms with van der Waals surface area (Å²) in [5.74, 6) is 0.574. The lowest BCUT2D eigenvalue weighted by Gasteiger charge is -2.29. The molecule has 3 N–H and O–H groups in total. The van der Waals surface area contributed by atoms with Crippen LogP contribution in [0.2, 0.25) is 0 Å². The van der Waals surface area contributed by atoms with Gasteiger partial charge in [-0.1, -0.05) is 25.8 Å². The fourth-order valence-corrected chi connectivity index (χ4v) is 2.46. The lowest BCUT2D eigenvalue weighted by atomic mass is 9.86. The standard InChI is InChI=1S/C14H20N2O/c1-10-5-2-3-8-13(10)16-14(17)11-6-4-7-12(15)9-11/h4,6-7,9-10,13H,2-3,5,8,15H2,1H3,(H,16,17). The van der Waals surface area contributed by atoms with Gasteiger partial charge in [0.05, 0.1) is 0 Å². The largest absolute Gasteiger partial charge is 0.399 e. The molecule has 92 valence electrons. The van der Waals surface area contributed by atoms with Crippen LogP contribution in [0.3, 0.4) is 0 Å². The molecule has 1 fully saturated rings. The number of rotatable bonds is 2. The third kappa shape index (κ3) is 2.99. The van der Waals surface area contributed by atoms with Gasteiger partial charge in [0.1, 0.15) is 0 Å². The van der Waals surface area contributed by atoms with E-state index in [2.05, 4.69) is 12.2 Å². The van der Waals surface area contributed by atoms with Crippen molar-refractivity contribution in [3.05, 3.63) is 29.8 Å². The maximum absolute atomic E-state index is 12.0. The third-order valence-corrected chi connectivity index (χ3v) is 3.58. The Balaban J connectivity index is 2.01. The number of nitrogens with two attached hydrogens (primary N) is 1. The van der Waals surface area contributed by atoms with Gasteiger partial charge in [0.25, 0.3) is 5.91 Å². The van der Waals surface area contributed by atoms with Crippen molar-refractivity contribution in [2.75, 3.05) is 5.73 Å². The molecule has 3 nitrogen and oxygen atoms in total. The van der Waals surface area contributed by atoms with Crippen LogP contribution in [0, 0.1) is 5.92 Å². The van der Waals surface area contributed by atoms with Gasteiger partial charge in [-0.15, -0.1) is 0 Å². The number of nitrogen functional groups attached to an aromatic ring is 1. The molecule has 17 heavy (non-hydrogen) atoms. The van der Waals surface area contributed by atoms with E-state index in [1.807, 2.05) is 6.07 Å². The first-order chi connectivity index (χ1) is 8.16. The minimum absolute atomic E-state index is 0.00366. The van der Waals surface area contributed by atoms with E-state index < -0.39 is 0 Å². The van der Waals surface area contributed by atoms with E-state index in [1.54, 1.807) is 18.2 Å². The monoisotopic (exact) mass is 232 g/mol. The number of hydrogen-bond donors (Lipinski definition) is 2. The van der Waals surface area contributed by atoms with Gasteiger partial charge >= 0.3 is 0 Å². The third-order valence-electron chi connectivity index (χ3n) is 3.58. The first-order valence-electron chi connectivity index (χ1n) is 6.33. The van der Waals surface area contributed by atoms with Gasteiger partial charge in [0.2, 0.25) is 0 Å². The highest BCUT2D eigenvalue weighted by Gasteiger charge is 2.23. The number of anilines is 1. The normalized spacial score (nSPS) is 24.3. The van der Waals surface area contributed by atoms with Gasteiger partial charge in [-0.3, -0.25) is 4.79 Å². The fraction of sp³-hybridized carbons (Fsp3) is 0.500. The van der Waals surface area contributed by atoms with Gasteiger partial charge in [0, 0.05) is 17.3 Å². The lowest BCUT2D eigenvalue weighted by molar-refractivity contribution is 0.0910. The quantitative estimate of drug-likeness (QED) is 0.770. The average molecular weight is 232 g/mol. The molecule has 0 spiro atoms. The van der Waals surface area contributed by atoms with Crippen molar-refractivity contribution in [1.29, 1.82) is 0 Å². The number of carbonyl (C=O) groups is 1. The van der Waals surface area contributed by atoms with Crippen LogP contribution in [-0.4, -0.2) is 11.9 Å². The molecule has 0 radical (unpaired) electrons. The first kappa shape index (κ1) is 12.0. The zero-order valence-corrected chi connectivity index (χ0v) is 10.3. The summed E-state index contributed by atoms with van der Waals surface area (Å²) in [7, 11) is 0. The van der Waals surface area contributed by atoms with Gasteiger partial charge in [-0.2, -0.15) is 0 Å². The molecule has 3 heteroatoms. The summed E-state index contributed by atoms with van der Waals surface area (Å²) in [4.78, 5) is 12.0. The highest BCUT2D eigenvalue weighted by Crippen LogP contribution is 2.24. The molecule has 0 heterocycles. The number of carbonyl (C=O) groups excluding carboxylic acids is 1. The van der Waals surface area contributed by atoms with E-state index >= 15 is 0 Å². The van der Waals surface area contributed by atoms with Crippen molar-refractivity contribution in [3.8, 4) is 0 Å². The number of nitrogens with one attached hydrogen (secondary N) is 1. The average Bonchev–Trinajstić information content (AvgIpc) is 2.32. The molecule has 2 rings (SSSR count). The van der Waals surface area contributed by atoms with Crippen LogP contribution in [-0.2, 0) is 0 Å². The minimum Gasteiger partial charge on any atom is -0.399 e. The first-order valence-corrected chi connectivity index (χ1v) is 6.33. The second-order valence-electron chi connectivity index (χ2n) is 4.97. The summed E-state index contributed by atoms with van der Waals surface area (Å²) in [5, 5.41) is 3.12. The van der Waals surface area contributed by atoms with Crippen LogP contribution in [0.25, 0.3) is 0 Å². The van der Waals surface area contributed by atoms with E-state index in [0.717, 1.165) is 6.42 Å². The number of benzene rings is 1. The molecule has 0 bridgehead atoms. The smallest absolute Gasteiger partial charge is 0.251 e. The van der Waals surface area contributed by atoms with Crippen LogP contribution in [0.5, 0.6) is 0 Å². The molecule has 1 saturated carbocycles. The molecule has 1 aliphatic carbocycles. The molecule has 1 aromatic rings. The molecule has 1 aromatic carbocycles. The number of amides is 1. The Hall–Kier alpha value is -1.51. The van der Waals surface area contributed by atoms with E-state index in [0.29, 0.717) is 23.2 Å². The van der Waals surface area contributed by atoms with Gasteiger partial charge < -0.3 is 11.1 Å². The zero-order chi connectivity index (χ0) is 12.3. The van der Waals surface area contributed by atoms with Crippen LogP contribution in [0.15, 0.2) is 24.3 Å². The minimum atomic E-state index is -0.00366. The summed E-state index contributed by atoms with van der Waals surface area (Å²) < 4.78 is 0. The Bertz CT molecular complexity index is 403. The van der Waals surface area contributed by atoms with Crippen molar-refractivity contribution < 1.29 is 4.79 Å². The van der Waals surface area contributed by atoms with E-state index in [1.165, 1.54) is 19.3 Å². The molecular formula is C14H20N2O. The zero-order valence-electron chi connectivity index (χ0n) is 10.3. The molecule has 2 atom stereocenters. The Kier molecular flexibility index (Phi) is 3.67. The predicted molar refractivity (Wildman–Crippen MR) is 69.7 cm³/mol. The molecule has 0 saturated heterocycles. The Morgan fingerprint density at radius 2 is 2.12 bits per heavy atom. The SMILES string of the molecule is CC1CCCCC1NC(=O)c1cccc(N)c1. The summed E-state index contributed by atoms with van der Waals surface area (Å²) >= 11 is 0. The topological polar surface area (TPSA) is 55.1 Å². The molecule has 0 aromatic heterocycles.